The number of nitrogens with one attached hydrogen (secondary N) is 1. The molecule has 0 saturated heterocycles. The molecule has 0 aromatic heterocycles. The summed E-state index contributed by atoms with van der Waals surface area (Å²) in [6.45, 7) is 5.60. The van der Waals surface area contributed by atoms with Gasteiger partial charge in [0, 0.05) is 0 Å². The number of allylic oxidation sites excluding steroid dienone is 2. The molecule has 0 aliphatic carbocycles. The lowest BCUT2D eigenvalue weighted by molar-refractivity contribution is 0.551. The van der Waals surface area contributed by atoms with Crippen LogP contribution in [0.15, 0.2) is 12.2 Å². The van der Waals surface area contributed by atoms with Crippen LogP contribution in [0.5, 0.6) is 0 Å². The second-order valence-corrected chi connectivity index (χ2v) is 3.16. The Labute approximate surface area is 70.9 Å². The Balaban J connectivity index is 3.21. The zero-order valence-electron chi connectivity index (χ0n) is 8.06. The van der Waals surface area contributed by atoms with Gasteiger partial charge in [0.25, 0.3) is 0 Å². The van der Waals surface area contributed by atoms with Crippen LogP contribution in [0.25, 0.3) is 0 Å². The van der Waals surface area contributed by atoms with E-state index in [1.165, 1.54) is 19.3 Å². The fourth-order valence-electron chi connectivity index (χ4n) is 1.04. The normalized spacial score (nSPS) is 14.1. The largest absolute Gasteiger partial charge is 0.319 e. The molecule has 66 valence electrons. The van der Waals surface area contributed by atoms with Crippen LogP contribution in [-0.2, 0) is 0 Å². The first-order valence-corrected chi connectivity index (χ1v) is 4.60. The fourth-order valence-corrected chi connectivity index (χ4v) is 1.04. The van der Waals surface area contributed by atoms with Crippen molar-refractivity contribution in [3.63, 3.8) is 0 Å². The van der Waals surface area contributed by atoms with Crippen LogP contribution in [-0.4, -0.2) is 13.6 Å². The first kappa shape index (κ1) is 10.7. The summed E-state index contributed by atoms with van der Waals surface area (Å²) in [5, 5.41) is 3.17. The van der Waals surface area contributed by atoms with Crippen molar-refractivity contribution in [1.82, 2.24) is 5.32 Å². The number of rotatable bonds is 6. The van der Waals surface area contributed by atoms with Crippen LogP contribution in [0.2, 0.25) is 0 Å². The maximum absolute atomic E-state index is 3.17. The van der Waals surface area contributed by atoms with Crippen LogP contribution in [0.1, 0.15) is 33.1 Å². The van der Waals surface area contributed by atoms with Gasteiger partial charge < -0.3 is 5.32 Å². The first-order chi connectivity index (χ1) is 5.31. The summed E-state index contributed by atoms with van der Waals surface area (Å²) < 4.78 is 0. The van der Waals surface area contributed by atoms with Gasteiger partial charge in [-0.1, -0.05) is 32.4 Å². The quantitative estimate of drug-likeness (QED) is 0.581. The van der Waals surface area contributed by atoms with Crippen molar-refractivity contribution in [3.8, 4) is 0 Å². The summed E-state index contributed by atoms with van der Waals surface area (Å²) in [5.74, 6) is 0.771. The summed E-state index contributed by atoms with van der Waals surface area (Å²) in [4.78, 5) is 0. The zero-order chi connectivity index (χ0) is 8.53. The topological polar surface area (TPSA) is 12.0 Å². The lowest BCUT2D eigenvalue weighted by Crippen LogP contribution is -2.15. The van der Waals surface area contributed by atoms with E-state index >= 15 is 0 Å². The Morgan fingerprint density at radius 3 is 2.64 bits per heavy atom. The second kappa shape index (κ2) is 7.80. The average molecular weight is 155 g/mol. The lowest BCUT2D eigenvalue weighted by atomic mass is 10.1. The molecule has 0 aliphatic heterocycles. The summed E-state index contributed by atoms with van der Waals surface area (Å²) in [5.41, 5.74) is 0. The highest BCUT2D eigenvalue weighted by Crippen LogP contribution is 2.01. The Morgan fingerprint density at radius 1 is 1.36 bits per heavy atom. The van der Waals surface area contributed by atoms with Gasteiger partial charge in [0.15, 0.2) is 0 Å². The minimum atomic E-state index is 0.771. The van der Waals surface area contributed by atoms with Crippen molar-refractivity contribution >= 4 is 0 Å². The van der Waals surface area contributed by atoms with Gasteiger partial charge in [-0.3, -0.25) is 0 Å². The van der Waals surface area contributed by atoms with Gasteiger partial charge in [0.1, 0.15) is 0 Å². The number of hydrogen-bond acceptors (Lipinski definition) is 1. The fraction of sp³-hybridized carbons (Fsp3) is 0.800. The monoisotopic (exact) mass is 155 g/mol. The van der Waals surface area contributed by atoms with E-state index in [1.54, 1.807) is 0 Å². The third-order valence-corrected chi connectivity index (χ3v) is 1.71. The van der Waals surface area contributed by atoms with E-state index in [0.717, 1.165) is 12.5 Å². The van der Waals surface area contributed by atoms with E-state index in [9.17, 15) is 0 Å². The highest BCUT2D eigenvalue weighted by Gasteiger charge is 1.94. The predicted octanol–water partition coefficient (Wildman–Crippen LogP) is 2.59. The molecule has 0 fully saturated rings. The molecule has 1 heteroatoms. The molecule has 0 aromatic carbocycles. The highest BCUT2D eigenvalue weighted by atomic mass is 14.8. The third kappa shape index (κ3) is 7.60. The minimum Gasteiger partial charge on any atom is -0.319 e. The summed E-state index contributed by atoms with van der Waals surface area (Å²) in [7, 11) is 2.01. The Kier molecular flexibility index (Phi) is 7.59. The van der Waals surface area contributed by atoms with E-state index in [1.807, 2.05) is 7.05 Å². The molecule has 0 spiro atoms. The highest BCUT2D eigenvalue weighted by molar-refractivity contribution is 4.82. The van der Waals surface area contributed by atoms with Gasteiger partial charge in [0.05, 0.1) is 0 Å². The van der Waals surface area contributed by atoms with Crippen molar-refractivity contribution in [1.29, 1.82) is 0 Å². The van der Waals surface area contributed by atoms with Crippen molar-refractivity contribution in [2.24, 2.45) is 5.92 Å². The molecular formula is C10H21N. The Hall–Kier alpha value is -0.300. The molecule has 0 rings (SSSR count). The van der Waals surface area contributed by atoms with Crippen molar-refractivity contribution in [3.05, 3.63) is 12.2 Å². The molecule has 0 amide bonds. The first-order valence-electron chi connectivity index (χ1n) is 4.60. The second-order valence-electron chi connectivity index (χ2n) is 3.16. The molecule has 1 unspecified atom stereocenters. The van der Waals surface area contributed by atoms with Crippen LogP contribution in [0.3, 0.4) is 0 Å². The molecule has 0 heterocycles. The molecule has 0 aliphatic rings. The molecule has 1 N–H and O–H groups in total. The van der Waals surface area contributed by atoms with E-state index in [0.29, 0.717) is 0 Å². The van der Waals surface area contributed by atoms with Gasteiger partial charge in [-0.15, -0.1) is 0 Å². The Bertz CT molecular complexity index is 97.0. The smallest absolute Gasteiger partial charge is 0.00232 e. The summed E-state index contributed by atoms with van der Waals surface area (Å²) in [6.07, 6.45) is 8.28. The van der Waals surface area contributed by atoms with Gasteiger partial charge in [0.2, 0.25) is 0 Å². The molecule has 1 atom stereocenters. The molecule has 0 bridgehead atoms. The van der Waals surface area contributed by atoms with Crippen molar-refractivity contribution in [2.75, 3.05) is 13.6 Å². The van der Waals surface area contributed by atoms with Crippen LogP contribution < -0.4 is 5.32 Å². The van der Waals surface area contributed by atoms with Gasteiger partial charge in [-0.2, -0.15) is 0 Å². The summed E-state index contributed by atoms with van der Waals surface area (Å²) in [6, 6.07) is 0. The van der Waals surface area contributed by atoms with E-state index in [-0.39, 0.29) is 0 Å². The van der Waals surface area contributed by atoms with Crippen molar-refractivity contribution in [2.45, 2.75) is 33.1 Å². The van der Waals surface area contributed by atoms with E-state index < -0.39 is 0 Å². The van der Waals surface area contributed by atoms with Crippen LogP contribution in [0.4, 0.5) is 0 Å². The maximum Gasteiger partial charge on any atom is -0.00232 e. The average Bonchev–Trinajstić information content (AvgIpc) is 1.99. The summed E-state index contributed by atoms with van der Waals surface area (Å²) >= 11 is 0. The maximum atomic E-state index is 3.17. The molecule has 0 aromatic rings. The molecule has 0 saturated carbocycles. The molecular weight excluding hydrogens is 134 g/mol. The number of unbranched alkanes of at least 4 members (excludes halogenated alkanes) is 1. The SMILES string of the molecule is CCCC=CCC(C)CNC. The predicted molar refractivity (Wildman–Crippen MR) is 51.8 cm³/mol. The van der Waals surface area contributed by atoms with Crippen LogP contribution >= 0.6 is 0 Å². The van der Waals surface area contributed by atoms with Crippen LogP contribution in [0, 0.1) is 5.92 Å². The van der Waals surface area contributed by atoms with E-state index in [2.05, 4.69) is 31.3 Å². The van der Waals surface area contributed by atoms with Gasteiger partial charge >= 0.3 is 0 Å². The number of hydrogen-bond donors (Lipinski definition) is 1. The van der Waals surface area contributed by atoms with Gasteiger partial charge in [-0.05, 0) is 32.4 Å². The standard InChI is InChI=1S/C10H21N/c1-4-5-6-7-8-10(2)9-11-3/h6-7,10-11H,4-5,8-9H2,1-3H3. The molecule has 0 radical (unpaired) electrons. The molecule has 1 nitrogen and oxygen atoms in total. The molecule has 11 heavy (non-hydrogen) atoms. The van der Waals surface area contributed by atoms with Gasteiger partial charge in [-0.25, -0.2) is 0 Å². The van der Waals surface area contributed by atoms with E-state index in [4.69, 9.17) is 0 Å². The third-order valence-electron chi connectivity index (χ3n) is 1.71. The Morgan fingerprint density at radius 2 is 2.09 bits per heavy atom. The van der Waals surface area contributed by atoms with Crippen molar-refractivity contribution < 1.29 is 0 Å². The minimum absolute atomic E-state index is 0.771. The lowest BCUT2D eigenvalue weighted by Gasteiger charge is -2.05. The zero-order valence-corrected chi connectivity index (χ0v) is 8.06.